The number of unbranched alkanes of at least 4 members (excludes halogenated alkanes) is 1. The lowest BCUT2D eigenvalue weighted by Crippen LogP contribution is -2.33. The standard InChI is InChI=1S/C30H36BrN3O4S/c1-4-5-11-27-32-16-24(34(27)18-21-12-13-25(29(36)37)26(31)15-21)17-33-28(35)23(14-20(2)3)19-39-30(38)22-9-7-6-8-10-22/h6-10,12-13,15-16,20,23H,4-5,11,14,17-19H2,1-3H3,(H,33,35)(H,36,37). The molecule has 3 rings (SSSR count). The Bertz CT molecular complexity index is 1280. The number of carbonyl (C=O) groups excluding carboxylic acids is 2. The first-order chi connectivity index (χ1) is 18.7. The number of halogens is 1. The molecule has 1 amide bonds. The van der Waals surface area contributed by atoms with Crippen molar-refractivity contribution in [2.24, 2.45) is 11.8 Å². The molecule has 0 bridgehead atoms. The number of nitrogens with one attached hydrogen (secondary N) is 1. The van der Waals surface area contributed by atoms with Crippen molar-refractivity contribution in [2.75, 3.05) is 5.75 Å². The normalized spacial score (nSPS) is 11.9. The molecular weight excluding hydrogens is 578 g/mol. The first-order valence-corrected chi connectivity index (χ1v) is 15.0. The van der Waals surface area contributed by atoms with E-state index in [-0.39, 0.29) is 22.5 Å². The van der Waals surface area contributed by atoms with Crippen molar-refractivity contribution in [3.63, 3.8) is 0 Å². The molecule has 0 aliphatic heterocycles. The van der Waals surface area contributed by atoms with Gasteiger partial charge in [-0.3, -0.25) is 9.59 Å². The fraction of sp³-hybridized carbons (Fsp3) is 0.400. The van der Waals surface area contributed by atoms with Gasteiger partial charge in [0.15, 0.2) is 0 Å². The molecular formula is C30H36BrN3O4S. The van der Waals surface area contributed by atoms with Gasteiger partial charge in [-0.1, -0.05) is 75.4 Å². The van der Waals surface area contributed by atoms with Crippen molar-refractivity contribution >= 4 is 44.7 Å². The van der Waals surface area contributed by atoms with Crippen LogP contribution in [0.15, 0.2) is 59.2 Å². The summed E-state index contributed by atoms with van der Waals surface area (Å²) in [7, 11) is 0. The molecule has 1 atom stereocenters. The van der Waals surface area contributed by atoms with E-state index in [4.69, 9.17) is 0 Å². The first kappa shape index (κ1) is 30.6. The number of benzene rings is 2. The Morgan fingerprint density at radius 3 is 2.51 bits per heavy atom. The summed E-state index contributed by atoms with van der Waals surface area (Å²) >= 11 is 4.56. The van der Waals surface area contributed by atoms with E-state index in [1.807, 2.05) is 24.3 Å². The number of thioether (sulfide) groups is 1. The summed E-state index contributed by atoms with van der Waals surface area (Å²) in [5.74, 6) is 0.311. The Kier molecular flexibility index (Phi) is 11.8. The maximum absolute atomic E-state index is 13.3. The highest BCUT2D eigenvalue weighted by Gasteiger charge is 2.22. The summed E-state index contributed by atoms with van der Waals surface area (Å²) in [6, 6.07) is 14.3. The van der Waals surface area contributed by atoms with Crippen molar-refractivity contribution in [1.29, 1.82) is 0 Å². The van der Waals surface area contributed by atoms with Gasteiger partial charge in [0.1, 0.15) is 5.82 Å². The average molecular weight is 615 g/mol. The number of carboxylic acids is 1. The number of carbonyl (C=O) groups is 3. The SMILES string of the molecule is CCCCc1ncc(CNC(=O)C(CSC(=O)c2ccccc2)CC(C)C)n1Cc1ccc(C(=O)O)c(Br)c1. The van der Waals surface area contributed by atoms with E-state index in [2.05, 4.69) is 51.6 Å². The van der Waals surface area contributed by atoms with Crippen LogP contribution in [0.3, 0.4) is 0 Å². The highest BCUT2D eigenvalue weighted by atomic mass is 79.9. The Morgan fingerprint density at radius 2 is 1.87 bits per heavy atom. The quantitative estimate of drug-likeness (QED) is 0.213. The minimum Gasteiger partial charge on any atom is -0.478 e. The zero-order valence-corrected chi connectivity index (χ0v) is 25.1. The topological polar surface area (TPSA) is 101 Å². The number of hydrogen-bond acceptors (Lipinski definition) is 5. The highest BCUT2D eigenvalue weighted by molar-refractivity contribution is 9.10. The van der Waals surface area contributed by atoms with E-state index in [1.54, 1.807) is 30.5 Å². The molecule has 3 aromatic rings. The summed E-state index contributed by atoms with van der Waals surface area (Å²) in [4.78, 5) is 41.9. The van der Waals surface area contributed by atoms with Gasteiger partial charge in [-0.25, -0.2) is 9.78 Å². The number of nitrogens with zero attached hydrogens (tertiary/aromatic N) is 2. The molecule has 2 aromatic carbocycles. The zero-order valence-electron chi connectivity index (χ0n) is 22.7. The predicted molar refractivity (Wildman–Crippen MR) is 159 cm³/mol. The molecule has 0 saturated heterocycles. The van der Waals surface area contributed by atoms with Gasteiger partial charge in [0.2, 0.25) is 11.0 Å². The second-order valence-corrected chi connectivity index (χ2v) is 11.8. The fourth-order valence-corrected chi connectivity index (χ4v) is 5.85. The lowest BCUT2D eigenvalue weighted by molar-refractivity contribution is -0.125. The van der Waals surface area contributed by atoms with Crippen molar-refractivity contribution in [3.05, 3.63) is 87.4 Å². The molecule has 0 radical (unpaired) electrons. The van der Waals surface area contributed by atoms with Gasteiger partial charge in [-0.05, 0) is 52.4 Å². The third-order valence-corrected chi connectivity index (χ3v) is 8.10. The lowest BCUT2D eigenvalue weighted by Gasteiger charge is -2.19. The molecule has 0 aliphatic rings. The van der Waals surface area contributed by atoms with E-state index >= 15 is 0 Å². The van der Waals surface area contributed by atoms with Gasteiger partial charge >= 0.3 is 5.97 Å². The summed E-state index contributed by atoms with van der Waals surface area (Å²) in [5, 5.41) is 12.4. The van der Waals surface area contributed by atoms with Gasteiger partial charge in [0, 0.05) is 34.7 Å². The molecule has 7 nitrogen and oxygen atoms in total. The number of rotatable bonds is 14. The molecule has 9 heteroatoms. The van der Waals surface area contributed by atoms with Crippen LogP contribution in [0.2, 0.25) is 0 Å². The third-order valence-electron chi connectivity index (χ3n) is 6.37. The van der Waals surface area contributed by atoms with Crippen LogP contribution in [0.4, 0.5) is 0 Å². The number of hydrogen-bond donors (Lipinski definition) is 2. The van der Waals surface area contributed by atoms with E-state index < -0.39 is 5.97 Å². The lowest BCUT2D eigenvalue weighted by atomic mass is 9.98. The van der Waals surface area contributed by atoms with Gasteiger partial charge in [-0.15, -0.1) is 0 Å². The number of aryl methyl sites for hydroxylation is 1. The van der Waals surface area contributed by atoms with Crippen LogP contribution in [0.1, 0.15) is 77.8 Å². The molecule has 0 spiro atoms. The zero-order chi connectivity index (χ0) is 28.4. The van der Waals surface area contributed by atoms with Gasteiger partial charge < -0.3 is 15.0 Å². The van der Waals surface area contributed by atoms with Gasteiger partial charge in [-0.2, -0.15) is 0 Å². The number of imidazole rings is 1. The predicted octanol–water partition coefficient (Wildman–Crippen LogP) is 6.59. The van der Waals surface area contributed by atoms with Crippen LogP contribution in [-0.2, 0) is 24.3 Å². The Balaban J connectivity index is 1.72. The van der Waals surface area contributed by atoms with Gasteiger partial charge in [0.25, 0.3) is 0 Å². The Hall–Kier alpha value is -2.91. The van der Waals surface area contributed by atoms with E-state index in [0.717, 1.165) is 36.3 Å². The second-order valence-electron chi connectivity index (χ2n) is 9.98. The van der Waals surface area contributed by atoms with E-state index in [1.165, 1.54) is 11.8 Å². The first-order valence-electron chi connectivity index (χ1n) is 13.2. The molecule has 2 N–H and O–H groups in total. The molecule has 0 saturated carbocycles. The molecule has 0 fully saturated rings. The Morgan fingerprint density at radius 1 is 1.13 bits per heavy atom. The molecule has 0 aliphatic carbocycles. The third kappa shape index (κ3) is 9.07. The second kappa shape index (κ2) is 15.0. The molecule has 208 valence electrons. The van der Waals surface area contributed by atoms with E-state index in [0.29, 0.717) is 41.2 Å². The minimum atomic E-state index is -0.984. The summed E-state index contributed by atoms with van der Waals surface area (Å²) in [5.41, 5.74) is 2.66. The largest absolute Gasteiger partial charge is 0.478 e. The summed E-state index contributed by atoms with van der Waals surface area (Å²) in [6.45, 7) is 7.11. The fourth-order valence-electron chi connectivity index (χ4n) is 4.31. The summed E-state index contributed by atoms with van der Waals surface area (Å²) < 4.78 is 2.63. The minimum absolute atomic E-state index is 0.0316. The Labute approximate surface area is 242 Å². The number of aromatic carboxylic acids is 1. The smallest absolute Gasteiger partial charge is 0.336 e. The number of amides is 1. The van der Waals surface area contributed by atoms with Crippen LogP contribution >= 0.6 is 27.7 Å². The molecule has 1 heterocycles. The van der Waals surface area contributed by atoms with E-state index in [9.17, 15) is 19.5 Å². The maximum Gasteiger partial charge on any atom is 0.336 e. The summed E-state index contributed by atoms with van der Waals surface area (Å²) in [6.07, 6.45) is 5.33. The van der Waals surface area contributed by atoms with Crippen molar-refractivity contribution in [1.82, 2.24) is 14.9 Å². The van der Waals surface area contributed by atoms with Crippen LogP contribution in [0, 0.1) is 11.8 Å². The maximum atomic E-state index is 13.3. The van der Waals surface area contributed by atoms with Crippen LogP contribution in [-0.4, -0.2) is 37.4 Å². The highest BCUT2D eigenvalue weighted by Crippen LogP contribution is 2.23. The van der Waals surface area contributed by atoms with Crippen molar-refractivity contribution in [2.45, 2.75) is 59.5 Å². The van der Waals surface area contributed by atoms with Gasteiger partial charge in [0.05, 0.1) is 24.0 Å². The van der Waals surface area contributed by atoms with Crippen LogP contribution < -0.4 is 5.32 Å². The number of carboxylic acid groups (broad SMARTS) is 1. The van der Waals surface area contributed by atoms with Crippen molar-refractivity contribution < 1.29 is 19.5 Å². The van der Waals surface area contributed by atoms with Crippen LogP contribution in [0.25, 0.3) is 0 Å². The molecule has 1 unspecified atom stereocenters. The van der Waals surface area contributed by atoms with Crippen molar-refractivity contribution in [3.8, 4) is 0 Å². The molecule has 1 aromatic heterocycles. The average Bonchev–Trinajstić information content (AvgIpc) is 3.29. The monoisotopic (exact) mass is 613 g/mol. The number of aromatic nitrogens is 2. The molecule has 39 heavy (non-hydrogen) atoms. The van der Waals surface area contributed by atoms with Crippen LogP contribution in [0.5, 0.6) is 0 Å².